The second kappa shape index (κ2) is 4.95. The summed E-state index contributed by atoms with van der Waals surface area (Å²) in [5, 5.41) is 10.7. The fourth-order valence-electron chi connectivity index (χ4n) is 2.32. The van der Waals surface area contributed by atoms with Crippen LogP contribution in [0, 0.1) is 0 Å². The minimum atomic E-state index is -0.785. The molecule has 7 nitrogen and oxygen atoms in total. The lowest BCUT2D eigenvalue weighted by Crippen LogP contribution is -2.04. The quantitative estimate of drug-likeness (QED) is 0.680. The van der Waals surface area contributed by atoms with E-state index in [1.54, 1.807) is 18.2 Å². The molecular formula is C14H12N2O5. The maximum Gasteiger partial charge on any atom is 0.337 e. The fraction of sp³-hybridized carbons (Fsp3) is 0.143. The van der Waals surface area contributed by atoms with Crippen LogP contribution in [-0.2, 0) is 6.42 Å². The molecule has 0 unspecified atom stereocenters. The van der Waals surface area contributed by atoms with E-state index in [4.69, 9.17) is 14.6 Å². The average molecular weight is 288 g/mol. The molecule has 3 N–H and O–H groups in total. The maximum atomic E-state index is 11.7. The first-order valence-electron chi connectivity index (χ1n) is 6.29. The Morgan fingerprint density at radius 2 is 1.81 bits per heavy atom. The molecule has 0 aliphatic rings. The van der Waals surface area contributed by atoms with Crippen molar-refractivity contribution in [3.63, 3.8) is 0 Å². The predicted molar refractivity (Wildman–Crippen MR) is 75.3 cm³/mol. The summed E-state index contributed by atoms with van der Waals surface area (Å²) < 4.78 is 11.1. The number of hydrogen-bond donors (Lipinski definition) is 2. The molecule has 7 heteroatoms. The van der Waals surface area contributed by atoms with Crippen LogP contribution < -0.4 is 17.0 Å². The first-order valence-corrected chi connectivity index (χ1v) is 6.29. The third-order valence-corrected chi connectivity index (χ3v) is 3.14. The third kappa shape index (κ3) is 2.13. The second-order valence-electron chi connectivity index (χ2n) is 4.46. The van der Waals surface area contributed by atoms with Gasteiger partial charge in [-0.05, 0) is 25.1 Å². The minimum Gasteiger partial charge on any atom is -0.425 e. The Balaban J connectivity index is 2.69. The smallest absolute Gasteiger partial charge is 0.337 e. The van der Waals surface area contributed by atoms with Crippen molar-refractivity contribution in [2.45, 2.75) is 6.42 Å². The van der Waals surface area contributed by atoms with Crippen molar-refractivity contribution in [2.24, 2.45) is 5.73 Å². The number of aromatic nitrogens is 1. The zero-order chi connectivity index (χ0) is 15.0. The molecule has 2 aromatic heterocycles. The molecule has 0 spiro atoms. The molecule has 0 amide bonds. The van der Waals surface area contributed by atoms with Gasteiger partial charge < -0.3 is 19.8 Å². The van der Waals surface area contributed by atoms with Gasteiger partial charge in [0.2, 0.25) is 5.71 Å². The van der Waals surface area contributed by atoms with E-state index in [1.807, 2.05) is 0 Å². The van der Waals surface area contributed by atoms with Crippen LogP contribution in [0.1, 0.15) is 5.56 Å². The highest BCUT2D eigenvalue weighted by atomic mass is 16.5. The van der Waals surface area contributed by atoms with Crippen LogP contribution in [0.15, 0.2) is 48.8 Å². The van der Waals surface area contributed by atoms with Crippen LogP contribution in [0.25, 0.3) is 22.2 Å². The molecule has 2 heterocycles. The van der Waals surface area contributed by atoms with E-state index in [-0.39, 0.29) is 17.8 Å². The van der Waals surface area contributed by atoms with Crippen LogP contribution >= 0.6 is 0 Å². The summed E-state index contributed by atoms with van der Waals surface area (Å²) in [5.41, 5.74) is 5.23. The standard InChI is InChI=1S/C14H12N2O5/c15-7-6-8-13-9-2-1-3-10(13)20-11(17)4-5-12(18)21-14(8)16(9)19/h1-5,19H,6-7,15H2. The average Bonchev–Trinajstić information content (AvgIpc) is 2.72. The molecule has 0 saturated carbocycles. The third-order valence-electron chi connectivity index (χ3n) is 3.14. The van der Waals surface area contributed by atoms with Crippen molar-refractivity contribution in [3.8, 4) is 0 Å². The molecule has 3 aromatic rings. The van der Waals surface area contributed by atoms with Crippen molar-refractivity contribution < 1.29 is 14.0 Å². The fourth-order valence-corrected chi connectivity index (χ4v) is 2.32. The normalized spacial score (nSPS) is 11.1. The topological polar surface area (TPSA) is 112 Å². The Kier molecular flexibility index (Phi) is 3.11. The molecule has 1 aromatic carbocycles. The van der Waals surface area contributed by atoms with Crippen LogP contribution in [0.3, 0.4) is 0 Å². The van der Waals surface area contributed by atoms with Gasteiger partial charge in [-0.2, -0.15) is 4.73 Å². The van der Waals surface area contributed by atoms with Gasteiger partial charge in [-0.25, -0.2) is 9.59 Å². The molecule has 3 rings (SSSR count). The Hall–Kier alpha value is -2.80. The van der Waals surface area contributed by atoms with E-state index < -0.39 is 11.3 Å². The Labute approximate surface area is 117 Å². The number of fused-ring (bicyclic) bond motifs is 1. The number of nitrogens with two attached hydrogens (primary N) is 1. The summed E-state index contributed by atoms with van der Waals surface area (Å²) >= 11 is 0. The van der Waals surface area contributed by atoms with Gasteiger partial charge in [0, 0.05) is 17.7 Å². The summed E-state index contributed by atoms with van der Waals surface area (Å²) in [5.74, 6) is 0. The lowest BCUT2D eigenvalue weighted by Gasteiger charge is -1.96. The van der Waals surface area contributed by atoms with Crippen LogP contribution in [0.4, 0.5) is 0 Å². The van der Waals surface area contributed by atoms with Gasteiger partial charge in [0.05, 0.1) is 10.9 Å². The van der Waals surface area contributed by atoms with Gasteiger partial charge in [-0.3, -0.25) is 0 Å². The van der Waals surface area contributed by atoms with Crippen molar-refractivity contribution in [2.75, 3.05) is 6.54 Å². The largest absolute Gasteiger partial charge is 0.425 e. The highest BCUT2D eigenvalue weighted by Crippen LogP contribution is 2.29. The summed E-state index contributed by atoms with van der Waals surface area (Å²) in [6.07, 6.45) is 0.352. The minimum absolute atomic E-state index is 0.0181. The molecule has 21 heavy (non-hydrogen) atoms. The monoisotopic (exact) mass is 288 g/mol. The number of rotatable bonds is 2. The molecular weight excluding hydrogens is 276 g/mol. The van der Waals surface area contributed by atoms with Crippen molar-refractivity contribution in [1.29, 1.82) is 0 Å². The Morgan fingerprint density at radius 3 is 2.52 bits per heavy atom. The predicted octanol–water partition coefficient (Wildman–Crippen LogP) is 1.00. The lowest BCUT2D eigenvalue weighted by atomic mass is 10.1. The van der Waals surface area contributed by atoms with Crippen molar-refractivity contribution in [1.82, 2.24) is 4.73 Å². The van der Waals surface area contributed by atoms with E-state index in [0.717, 1.165) is 16.9 Å². The summed E-state index contributed by atoms with van der Waals surface area (Å²) in [4.78, 5) is 23.3. The Morgan fingerprint density at radius 1 is 1.10 bits per heavy atom. The zero-order valence-corrected chi connectivity index (χ0v) is 10.9. The molecule has 0 aliphatic heterocycles. The SMILES string of the molecule is NCCc1c2c3cccc2n(O)c1oc(=O)ccc(=O)o3. The summed E-state index contributed by atoms with van der Waals surface area (Å²) in [7, 11) is 0. The molecule has 108 valence electrons. The van der Waals surface area contributed by atoms with E-state index in [1.165, 1.54) is 0 Å². The molecule has 2 bridgehead atoms. The highest BCUT2D eigenvalue weighted by molar-refractivity contribution is 6.00. The molecule has 0 aliphatic carbocycles. The number of benzene rings is 1. The number of hydrogen-bond acceptors (Lipinski definition) is 6. The van der Waals surface area contributed by atoms with Gasteiger partial charge in [-0.15, -0.1) is 0 Å². The van der Waals surface area contributed by atoms with Gasteiger partial charge >= 0.3 is 11.3 Å². The molecule has 0 atom stereocenters. The first kappa shape index (κ1) is 13.2. The number of nitrogens with zero attached hydrogens (tertiary/aromatic N) is 1. The van der Waals surface area contributed by atoms with Crippen LogP contribution in [0.2, 0.25) is 0 Å². The van der Waals surface area contributed by atoms with E-state index in [9.17, 15) is 14.8 Å². The van der Waals surface area contributed by atoms with Crippen molar-refractivity contribution in [3.05, 3.63) is 56.7 Å². The van der Waals surface area contributed by atoms with Crippen LogP contribution in [0.5, 0.6) is 0 Å². The summed E-state index contributed by atoms with van der Waals surface area (Å²) in [6, 6.07) is 6.75. The highest BCUT2D eigenvalue weighted by Gasteiger charge is 2.17. The molecule has 0 saturated heterocycles. The van der Waals surface area contributed by atoms with E-state index >= 15 is 0 Å². The van der Waals surface area contributed by atoms with Crippen molar-refractivity contribution >= 4 is 22.2 Å². The van der Waals surface area contributed by atoms with Gasteiger partial charge in [0.1, 0.15) is 5.58 Å². The second-order valence-corrected chi connectivity index (χ2v) is 4.46. The van der Waals surface area contributed by atoms with Crippen LogP contribution in [-0.4, -0.2) is 16.5 Å². The lowest BCUT2D eigenvalue weighted by molar-refractivity contribution is 0.198. The van der Waals surface area contributed by atoms with E-state index in [2.05, 4.69) is 0 Å². The molecule has 0 radical (unpaired) electrons. The molecule has 0 fully saturated rings. The van der Waals surface area contributed by atoms with Gasteiger partial charge in [-0.1, -0.05) is 6.07 Å². The summed E-state index contributed by atoms with van der Waals surface area (Å²) in [6.45, 7) is 0.280. The van der Waals surface area contributed by atoms with Gasteiger partial charge in [0.25, 0.3) is 0 Å². The Bertz CT molecular complexity index is 965. The van der Waals surface area contributed by atoms with Gasteiger partial charge in [0.15, 0.2) is 0 Å². The van der Waals surface area contributed by atoms with E-state index in [0.29, 0.717) is 22.9 Å². The maximum absolute atomic E-state index is 11.7. The first-order chi connectivity index (χ1) is 10.1. The zero-order valence-electron chi connectivity index (χ0n) is 10.9.